The first kappa shape index (κ1) is 29.3. The van der Waals surface area contributed by atoms with Gasteiger partial charge < -0.3 is 29.1 Å². The van der Waals surface area contributed by atoms with Crippen molar-refractivity contribution in [3.05, 3.63) is 64.2 Å². The Kier molecular flexibility index (Phi) is 11.0. The Hall–Kier alpha value is -2.67. The van der Waals surface area contributed by atoms with Crippen molar-refractivity contribution in [1.82, 2.24) is 0 Å². The normalized spacial score (nSPS) is 15.8. The fraction of sp³-hybridized carbons (Fsp3) is 0.545. The van der Waals surface area contributed by atoms with E-state index in [1.54, 1.807) is 7.11 Å². The van der Waals surface area contributed by atoms with Crippen LogP contribution in [0, 0.1) is 17.7 Å². The van der Waals surface area contributed by atoms with Gasteiger partial charge in [-0.3, -0.25) is 0 Å². The van der Waals surface area contributed by atoms with Gasteiger partial charge in [0.15, 0.2) is 0 Å². The molecule has 0 radical (unpaired) electrons. The molecule has 4 rings (SSSR count). The molecule has 212 valence electrons. The molecule has 2 aliphatic rings. The van der Waals surface area contributed by atoms with Crippen LogP contribution in [0.4, 0.5) is 0 Å². The smallest absolute Gasteiger partial charge is 0.136 e. The van der Waals surface area contributed by atoms with Crippen LogP contribution >= 0.6 is 0 Å². The maximum absolute atomic E-state index is 7.92. The maximum atomic E-state index is 7.92. The quantitative estimate of drug-likeness (QED) is 0.132. The molecule has 2 aromatic rings. The Morgan fingerprint density at radius 2 is 1.74 bits per heavy atom. The molecule has 1 heterocycles. The fourth-order valence-electron chi connectivity index (χ4n) is 4.85. The summed E-state index contributed by atoms with van der Waals surface area (Å²) in [7, 11) is 1.70. The van der Waals surface area contributed by atoms with Crippen molar-refractivity contribution in [1.29, 1.82) is 5.41 Å². The fourth-order valence-corrected chi connectivity index (χ4v) is 4.85. The molecule has 0 aromatic heterocycles. The van der Waals surface area contributed by atoms with E-state index in [4.69, 9.17) is 29.1 Å². The van der Waals surface area contributed by atoms with Crippen LogP contribution in [0.1, 0.15) is 74.1 Å². The minimum absolute atomic E-state index is 0.238. The van der Waals surface area contributed by atoms with E-state index in [-0.39, 0.29) is 5.41 Å². The van der Waals surface area contributed by atoms with E-state index in [2.05, 4.69) is 38.1 Å². The number of ether oxygens (including phenoxy) is 5. The second kappa shape index (κ2) is 14.6. The molecule has 1 saturated heterocycles. The third-order valence-electron chi connectivity index (χ3n) is 7.54. The third kappa shape index (κ3) is 8.41. The number of nitrogens with one attached hydrogen (secondary N) is 1. The van der Waals surface area contributed by atoms with E-state index in [1.807, 2.05) is 12.1 Å². The Morgan fingerprint density at radius 1 is 0.974 bits per heavy atom. The maximum Gasteiger partial charge on any atom is 0.136 e. The Labute approximate surface area is 234 Å². The monoisotopic (exact) mass is 535 g/mol. The average Bonchev–Trinajstić information content (AvgIpc) is 2.89. The highest BCUT2D eigenvalue weighted by molar-refractivity contribution is 5.82. The number of methoxy groups -OCH3 is 1. The number of allylic oxidation sites excluding steroid dienone is 1. The van der Waals surface area contributed by atoms with Crippen LogP contribution in [0.3, 0.4) is 0 Å². The summed E-state index contributed by atoms with van der Waals surface area (Å²) in [5.41, 5.74) is 5.67. The first-order chi connectivity index (χ1) is 19.0. The van der Waals surface area contributed by atoms with Crippen molar-refractivity contribution < 1.29 is 23.7 Å². The highest BCUT2D eigenvalue weighted by atomic mass is 16.5. The summed E-state index contributed by atoms with van der Waals surface area (Å²) in [4.78, 5) is 0. The average molecular weight is 536 g/mol. The SMILES string of the molecule is COCCc1ccc(OC(=C2CCC2)c2ccc(OCCCCCCOCC3(C)COC3)c(C)c2)c(C=N)c1. The molecule has 6 nitrogen and oxygen atoms in total. The first-order valence-electron chi connectivity index (χ1n) is 14.4. The van der Waals surface area contributed by atoms with Crippen molar-refractivity contribution in [2.24, 2.45) is 5.41 Å². The van der Waals surface area contributed by atoms with Crippen LogP contribution in [0.25, 0.3) is 5.76 Å². The molecule has 0 spiro atoms. The summed E-state index contributed by atoms with van der Waals surface area (Å²) in [6.45, 7) is 8.98. The van der Waals surface area contributed by atoms with E-state index < -0.39 is 0 Å². The number of benzene rings is 2. The van der Waals surface area contributed by atoms with Crippen LogP contribution < -0.4 is 9.47 Å². The molecule has 0 bridgehead atoms. The van der Waals surface area contributed by atoms with Gasteiger partial charge in [0.25, 0.3) is 0 Å². The number of hydrogen-bond donors (Lipinski definition) is 1. The van der Waals surface area contributed by atoms with E-state index in [1.165, 1.54) is 18.2 Å². The van der Waals surface area contributed by atoms with Crippen LogP contribution in [0.15, 0.2) is 42.0 Å². The zero-order valence-corrected chi connectivity index (χ0v) is 24.0. The van der Waals surface area contributed by atoms with E-state index in [0.29, 0.717) is 6.61 Å². The van der Waals surface area contributed by atoms with Crippen molar-refractivity contribution >= 4 is 12.0 Å². The molecule has 1 saturated carbocycles. The number of aryl methyl sites for hydroxylation is 1. The Balaban J connectivity index is 1.27. The standard InChI is InChI=1S/C33H45NO5/c1-25-19-28(12-14-30(25)38-17-7-5-4-6-16-36-22-33(2)23-37-24-33)32(27-9-8-10-27)39-31-13-11-26(15-18-35-3)20-29(31)21-34/h11-14,19-21,34H,4-10,15-18,22-24H2,1-3H3. The molecule has 39 heavy (non-hydrogen) atoms. The topological polar surface area (TPSA) is 70.0 Å². The highest BCUT2D eigenvalue weighted by Gasteiger charge is 2.33. The Morgan fingerprint density at radius 3 is 2.38 bits per heavy atom. The summed E-state index contributed by atoms with van der Waals surface area (Å²) in [6, 6.07) is 12.4. The van der Waals surface area contributed by atoms with Gasteiger partial charge in [0.05, 0.1) is 33.0 Å². The van der Waals surface area contributed by atoms with Gasteiger partial charge in [-0.05, 0) is 98.9 Å². The molecule has 2 fully saturated rings. The number of unbranched alkanes of at least 4 members (excludes halogenated alkanes) is 3. The number of hydrogen-bond acceptors (Lipinski definition) is 6. The lowest BCUT2D eigenvalue weighted by Gasteiger charge is -2.37. The van der Waals surface area contributed by atoms with Crippen LogP contribution in [-0.4, -0.2) is 53.0 Å². The van der Waals surface area contributed by atoms with E-state index >= 15 is 0 Å². The second-order valence-corrected chi connectivity index (χ2v) is 11.2. The molecule has 6 heteroatoms. The Bertz CT molecular complexity index is 1120. The minimum atomic E-state index is 0.238. The molecular weight excluding hydrogens is 490 g/mol. The molecule has 1 N–H and O–H groups in total. The molecule has 1 aliphatic heterocycles. The van der Waals surface area contributed by atoms with Crippen molar-refractivity contribution in [2.45, 2.75) is 65.2 Å². The summed E-state index contributed by atoms with van der Waals surface area (Å²) >= 11 is 0. The lowest BCUT2D eigenvalue weighted by Crippen LogP contribution is -2.43. The zero-order chi connectivity index (χ0) is 27.5. The second-order valence-electron chi connectivity index (χ2n) is 11.2. The highest BCUT2D eigenvalue weighted by Crippen LogP contribution is 2.37. The van der Waals surface area contributed by atoms with Gasteiger partial charge in [-0.1, -0.05) is 19.4 Å². The predicted octanol–water partition coefficient (Wildman–Crippen LogP) is 7.15. The molecule has 1 aliphatic carbocycles. The molecular formula is C33H45NO5. The zero-order valence-electron chi connectivity index (χ0n) is 24.0. The lowest BCUT2D eigenvalue weighted by molar-refractivity contribution is -0.137. The van der Waals surface area contributed by atoms with Crippen molar-refractivity contribution in [3.8, 4) is 11.5 Å². The minimum Gasteiger partial charge on any atom is -0.493 e. The summed E-state index contributed by atoms with van der Waals surface area (Å²) in [5.74, 6) is 2.57. The molecule has 0 amide bonds. The van der Waals surface area contributed by atoms with Gasteiger partial charge in [0.1, 0.15) is 17.3 Å². The lowest BCUT2D eigenvalue weighted by atomic mass is 9.89. The van der Waals surface area contributed by atoms with Crippen LogP contribution in [0.5, 0.6) is 11.5 Å². The van der Waals surface area contributed by atoms with Gasteiger partial charge in [-0.15, -0.1) is 0 Å². The van der Waals surface area contributed by atoms with Gasteiger partial charge in [0.2, 0.25) is 0 Å². The molecule has 0 atom stereocenters. The summed E-state index contributed by atoms with van der Waals surface area (Å²) in [6.07, 6.45) is 9.92. The van der Waals surface area contributed by atoms with Crippen LogP contribution in [-0.2, 0) is 20.6 Å². The number of rotatable bonds is 17. The largest absolute Gasteiger partial charge is 0.493 e. The van der Waals surface area contributed by atoms with Crippen LogP contribution in [0.2, 0.25) is 0 Å². The van der Waals surface area contributed by atoms with Gasteiger partial charge >= 0.3 is 0 Å². The predicted molar refractivity (Wildman–Crippen MR) is 156 cm³/mol. The first-order valence-corrected chi connectivity index (χ1v) is 14.4. The van der Waals surface area contributed by atoms with Gasteiger partial charge in [-0.2, -0.15) is 0 Å². The third-order valence-corrected chi connectivity index (χ3v) is 7.54. The van der Waals surface area contributed by atoms with Gasteiger partial charge in [0, 0.05) is 36.5 Å². The van der Waals surface area contributed by atoms with Gasteiger partial charge in [-0.25, -0.2) is 0 Å². The van der Waals surface area contributed by atoms with E-state index in [0.717, 1.165) is 117 Å². The van der Waals surface area contributed by atoms with Crippen molar-refractivity contribution in [2.75, 3.05) is 46.8 Å². The molecule has 0 unspecified atom stereocenters. The summed E-state index contributed by atoms with van der Waals surface area (Å²) < 4.78 is 28.9. The summed E-state index contributed by atoms with van der Waals surface area (Å²) in [5, 5.41) is 7.92. The molecule has 2 aromatic carbocycles. The van der Waals surface area contributed by atoms with E-state index in [9.17, 15) is 0 Å². The van der Waals surface area contributed by atoms with Crippen molar-refractivity contribution in [3.63, 3.8) is 0 Å².